The Hall–Kier alpha value is -0.850. The molecule has 0 saturated carbocycles. The van der Waals surface area contributed by atoms with Crippen molar-refractivity contribution in [3.05, 3.63) is 29.6 Å². The minimum Gasteiger partial charge on any atom is -0.205 e. The molecule has 0 aromatic carbocycles. The number of pyridine rings is 1. The van der Waals surface area contributed by atoms with Gasteiger partial charge in [0.05, 0.1) is 0 Å². The standard InChI is InChI=1S/C49H94N/c1-4-7-10-13-16-19-22-25-27-30-33-36-39-42-48-44-46-50(45-41-38-35-32-29-24-21-18-15-12-9-6-3)47-49(48)43-40-37-34-31-28-26-23-20-17-14-11-8-5-2/h44,46-47H,4-43,45H2,1-3H3/q+1. The van der Waals surface area contributed by atoms with Crippen LogP contribution in [-0.2, 0) is 19.4 Å². The highest BCUT2D eigenvalue weighted by molar-refractivity contribution is 5.21. The van der Waals surface area contributed by atoms with E-state index in [0.717, 1.165) is 0 Å². The Bertz CT molecular complexity index is 783. The summed E-state index contributed by atoms with van der Waals surface area (Å²) in [5, 5.41) is 0. The van der Waals surface area contributed by atoms with Gasteiger partial charge in [-0.3, -0.25) is 0 Å². The van der Waals surface area contributed by atoms with E-state index in [2.05, 4.69) is 43.8 Å². The molecule has 1 aromatic rings. The lowest BCUT2D eigenvalue weighted by molar-refractivity contribution is -0.697. The molecular formula is C49H94N+. The quantitative estimate of drug-likeness (QED) is 0.0474. The summed E-state index contributed by atoms with van der Waals surface area (Å²) < 4.78 is 2.54. The van der Waals surface area contributed by atoms with E-state index in [0.29, 0.717) is 0 Å². The van der Waals surface area contributed by atoms with Crippen LogP contribution in [0.3, 0.4) is 0 Å². The molecule has 0 radical (unpaired) electrons. The number of unbranched alkanes of at least 4 members (excludes halogenated alkanes) is 35. The molecule has 0 N–H and O–H groups in total. The molecule has 0 aliphatic heterocycles. The topological polar surface area (TPSA) is 3.88 Å². The first-order valence-electron chi connectivity index (χ1n) is 23.8. The van der Waals surface area contributed by atoms with Crippen LogP contribution in [-0.4, -0.2) is 0 Å². The summed E-state index contributed by atoms with van der Waals surface area (Å²) in [6, 6.07) is 2.51. The second-order valence-electron chi connectivity index (χ2n) is 16.6. The van der Waals surface area contributed by atoms with Crippen LogP contribution in [0.2, 0.25) is 0 Å². The first-order valence-corrected chi connectivity index (χ1v) is 23.8. The Morgan fingerprint density at radius 3 is 0.880 bits per heavy atom. The minimum atomic E-state index is 1.21. The van der Waals surface area contributed by atoms with Gasteiger partial charge in [0.1, 0.15) is 6.54 Å². The molecule has 1 heteroatoms. The van der Waals surface area contributed by atoms with E-state index in [9.17, 15) is 0 Å². The summed E-state index contributed by atoms with van der Waals surface area (Å²) in [4.78, 5) is 0. The molecule has 1 nitrogen and oxygen atoms in total. The zero-order chi connectivity index (χ0) is 35.8. The highest BCUT2D eigenvalue weighted by atomic mass is 14.9. The fraction of sp³-hybridized carbons (Fsp3) is 0.898. The molecule has 0 atom stereocenters. The van der Waals surface area contributed by atoms with E-state index >= 15 is 0 Å². The van der Waals surface area contributed by atoms with E-state index < -0.39 is 0 Å². The van der Waals surface area contributed by atoms with Gasteiger partial charge in [0.2, 0.25) is 0 Å². The van der Waals surface area contributed by atoms with Crippen molar-refractivity contribution in [3.8, 4) is 0 Å². The van der Waals surface area contributed by atoms with Crippen molar-refractivity contribution >= 4 is 0 Å². The lowest BCUT2D eigenvalue weighted by atomic mass is 9.97. The maximum Gasteiger partial charge on any atom is 0.172 e. The van der Waals surface area contributed by atoms with Gasteiger partial charge in [-0.15, -0.1) is 0 Å². The van der Waals surface area contributed by atoms with E-state index in [-0.39, 0.29) is 0 Å². The molecule has 50 heavy (non-hydrogen) atoms. The van der Waals surface area contributed by atoms with Crippen molar-refractivity contribution in [2.75, 3.05) is 0 Å². The Balaban J connectivity index is 2.31. The van der Waals surface area contributed by atoms with Crippen molar-refractivity contribution in [2.45, 2.75) is 284 Å². The minimum absolute atomic E-state index is 1.21. The van der Waals surface area contributed by atoms with Crippen LogP contribution >= 0.6 is 0 Å². The molecule has 1 rings (SSSR count). The van der Waals surface area contributed by atoms with E-state index in [4.69, 9.17) is 0 Å². The van der Waals surface area contributed by atoms with E-state index in [1.807, 2.05) is 0 Å². The molecule has 0 saturated heterocycles. The molecule has 0 fully saturated rings. The fourth-order valence-electron chi connectivity index (χ4n) is 8.03. The molecule has 0 aliphatic carbocycles. The Kier molecular flexibility index (Phi) is 37.1. The van der Waals surface area contributed by atoms with Gasteiger partial charge in [0, 0.05) is 18.1 Å². The maximum absolute atomic E-state index is 2.57. The largest absolute Gasteiger partial charge is 0.205 e. The number of rotatable bonds is 41. The van der Waals surface area contributed by atoms with Crippen molar-refractivity contribution in [1.29, 1.82) is 0 Å². The third-order valence-electron chi connectivity index (χ3n) is 11.6. The van der Waals surface area contributed by atoms with Crippen LogP contribution in [0.25, 0.3) is 0 Å². The Labute approximate surface area is 317 Å². The van der Waals surface area contributed by atoms with Crippen LogP contribution in [0.15, 0.2) is 18.5 Å². The highest BCUT2D eigenvalue weighted by Gasteiger charge is 2.10. The second-order valence-corrected chi connectivity index (χ2v) is 16.6. The van der Waals surface area contributed by atoms with E-state index in [1.165, 1.54) is 263 Å². The predicted octanol–water partition coefficient (Wildman–Crippen LogP) is 16.9. The average Bonchev–Trinajstić information content (AvgIpc) is 3.13. The first-order chi connectivity index (χ1) is 24.8. The van der Waals surface area contributed by atoms with Gasteiger partial charge >= 0.3 is 0 Å². The summed E-state index contributed by atoms with van der Waals surface area (Å²) in [5.74, 6) is 0. The maximum atomic E-state index is 2.57. The molecule has 0 amide bonds. The summed E-state index contributed by atoms with van der Waals surface area (Å²) in [5.41, 5.74) is 3.34. The molecule has 0 aliphatic rings. The van der Waals surface area contributed by atoms with Crippen molar-refractivity contribution < 1.29 is 4.57 Å². The van der Waals surface area contributed by atoms with Crippen LogP contribution in [0, 0.1) is 0 Å². The van der Waals surface area contributed by atoms with Crippen molar-refractivity contribution in [2.24, 2.45) is 0 Å². The lowest BCUT2D eigenvalue weighted by Crippen LogP contribution is -2.34. The normalized spacial score (nSPS) is 11.6. The molecule has 0 unspecified atom stereocenters. The van der Waals surface area contributed by atoms with Crippen LogP contribution in [0.1, 0.15) is 276 Å². The van der Waals surface area contributed by atoms with Gasteiger partial charge < -0.3 is 0 Å². The van der Waals surface area contributed by atoms with Crippen LogP contribution in [0.4, 0.5) is 0 Å². The van der Waals surface area contributed by atoms with Crippen LogP contribution in [0.5, 0.6) is 0 Å². The Morgan fingerprint density at radius 2 is 0.560 bits per heavy atom. The third kappa shape index (κ3) is 31.9. The van der Waals surface area contributed by atoms with Crippen molar-refractivity contribution in [1.82, 2.24) is 0 Å². The second kappa shape index (κ2) is 39.4. The first kappa shape index (κ1) is 47.2. The molecule has 1 heterocycles. The summed E-state index contributed by atoms with van der Waals surface area (Å²) in [6.45, 7) is 8.16. The number of nitrogens with zero attached hydrogens (tertiary/aromatic N) is 1. The molecule has 1 aromatic heterocycles. The molecular weight excluding hydrogens is 603 g/mol. The van der Waals surface area contributed by atoms with Gasteiger partial charge in [-0.2, -0.15) is 0 Å². The monoisotopic (exact) mass is 697 g/mol. The number of aromatic nitrogens is 1. The highest BCUT2D eigenvalue weighted by Crippen LogP contribution is 2.19. The Morgan fingerprint density at radius 1 is 0.300 bits per heavy atom. The summed E-state index contributed by atoms with van der Waals surface area (Å²) in [7, 11) is 0. The number of hydrogen-bond acceptors (Lipinski definition) is 0. The molecule has 0 bridgehead atoms. The number of hydrogen-bond donors (Lipinski definition) is 0. The summed E-state index contributed by atoms with van der Waals surface area (Å²) >= 11 is 0. The van der Waals surface area contributed by atoms with Gasteiger partial charge in [-0.05, 0) is 37.7 Å². The van der Waals surface area contributed by atoms with Crippen molar-refractivity contribution in [3.63, 3.8) is 0 Å². The lowest BCUT2D eigenvalue weighted by Gasteiger charge is -2.10. The molecule has 0 spiro atoms. The van der Waals surface area contributed by atoms with Gasteiger partial charge in [0.25, 0.3) is 0 Å². The predicted molar refractivity (Wildman–Crippen MR) is 227 cm³/mol. The van der Waals surface area contributed by atoms with Gasteiger partial charge in [-0.1, -0.05) is 239 Å². The number of aryl methyl sites for hydroxylation is 3. The van der Waals surface area contributed by atoms with Crippen LogP contribution < -0.4 is 4.57 Å². The SMILES string of the molecule is CCCCCCCCCCCCCCCc1cc[n+](CCCCCCCCCCCCCC)cc1CCCCCCCCCCCCCCC. The van der Waals surface area contributed by atoms with Gasteiger partial charge in [0.15, 0.2) is 12.4 Å². The average molecular weight is 697 g/mol. The smallest absolute Gasteiger partial charge is 0.172 e. The summed E-state index contributed by atoms with van der Waals surface area (Å²) in [6.07, 6.45) is 62.3. The zero-order valence-corrected chi connectivity index (χ0v) is 35.2. The molecule has 294 valence electrons. The van der Waals surface area contributed by atoms with E-state index in [1.54, 1.807) is 11.1 Å². The third-order valence-corrected chi connectivity index (χ3v) is 11.6. The zero-order valence-electron chi connectivity index (χ0n) is 35.2. The fourth-order valence-corrected chi connectivity index (χ4v) is 8.03. The van der Waals surface area contributed by atoms with Gasteiger partial charge in [-0.25, -0.2) is 4.57 Å².